The van der Waals surface area contributed by atoms with Crippen LogP contribution in [0, 0.1) is 10.1 Å². The lowest BCUT2D eigenvalue weighted by Crippen LogP contribution is -2.44. The third kappa shape index (κ3) is 5.44. The average Bonchev–Trinajstić information content (AvgIpc) is 2.68. The molecular weight excluding hydrogens is 386 g/mol. The highest BCUT2D eigenvalue weighted by atomic mass is 32.2. The van der Waals surface area contributed by atoms with Crippen molar-refractivity contribution < 1.29 is 4.92 Å². The Labute approximate surface area is 167 Å². The van der Waals surface area contributed by atoms with E-state index in [1.807, 2.05) is 6.07 Å². The molecule has 0 atom stereocenters. The second kappa shape index (κ2) is 9.36. The largest absolute Gasteiger partial charge is 0.355 e. The fraction of sp³-hybridized carbons (Fsp3) is 0.278. The molecule has 8 heteroatoms. The molecule has 1 saturated heterocycles. The summed E-state index contributed by atoms with van der Waals surface area (Å²) in [7, 11) is 0. The predicted molar refractivity (Wildman–Crippen MR) is 112 cm³/mol. The summed E-state index contributed by atoms with van der Waals surface area (Å²) in [5.74, 6) is 0.732. The second-order valence-electron chi connectivity index (χ2n) is 5.80. The smallest absolute Gasteiger partial charge is 0.269 e. The van der Waals surface area contributed by atoms with E-state index in [9.17, 15) is 10.1 Å². The maximum atomic E-state index is 10.7. The first kappa shape index (κ1) is 19.2. The molecule has 0 amide bonds. The molecule has 2 aromatic carbocycles. The maximum Gasteiger partial charge on any atom is 0.269 e. The summed E-state index contributed by atoms with van der Waals surface area (Å²) in [6.07, 6.45) is 0. The van der Waals surface area contributed by atoms with Crippen molar-refractivity contribution in [1.29, 1.82) is 0 Å². The van der Waals surface area contributed by atoms with E-state index in [0.29, 0.717) is 0 Å². The highest BCUT2D eigenvalue weighted by molar-refractivity contribution is 8.22. The molecule has 1 fully saturated rings. The summed E-state index contributed by atoms with van der Waals surface area (Å²) in [6, 6.07) is 17.1. The Bertz CT molecular complexity index is 748. The standard InChI is InChI=1S/C18H19N3O2S3/c22-21(23)16-8-6-15(7-9-16)14-25-18(24)19-10-12-20(13-11-19)26-17-4-2-1-3-5-17/h1-9H,10-14H2. The van der Waals surface area contributed by atoms with Crippen molar-refractivity contribution in [2.45, 2.75) is 10.6 Å². The van der Waals surface area contributed by atoms with Crippen LogP contribution < -0.4 is 0 Å². The van der Waals surface area contributed by atoms with Crippen molar-refractivity contribution in [2.75, 3.05) is 26.2 Å². The van der Waals surface area contributed by atoms with Crippen LogP contribution in [0.25, 0.3) is 0 Å². The Morgan fingerprint density at radius 3 is 2.31 bits per heavy atom. The number of thiocarbonyl (C=S) groups is 1. The number of non-ortho nitro benzene ring substituents is 1. The summed E-state index contributed by atoms with van der Waals surface area (Å²) in [5.41, 5.74) is 1.16. The van der Waals surface area contributed by atoms with E-state index >= 15 is 0 Å². The molecule has 0 saturated carbocycles. The monoisotopic (exact) mass is 405 g/mol. The van der Waals surface area contributed by atoms with Gasteiger partial charge in [0.1, 0.15) is 4.32 Å². The van der Waals surface area contributed by atoms with E-state index < -0.39 is 0 Å². The van der Waals surface area contributed by atoms with E-state index in [0.717, 1.165) is 41.8 Å². The van der Waals surface area contributed by atoms with Gasteiger partial charge in [-0.15, -0.1) is 0 Å². The molecular formula is C18H19N3O2S3. The number of hydrogen-bond donors (Lipinski definition) is 0. The van der Waals surface area contributed by atoms with Crippen LogP contribution in [0.2, 0.25) is 0 Å². The Balaban J connectivity index is 1.42. The van der Waals surface area contributed by atoms with Crippen molar-refractivity contribution in [3.05, 3.63) is 70.3 Å². The topological polar surface area (TPSA) is 49.6 Å². The van der Waals surface area contributed by atoms with Crippen LogP contribution in [0.5, 0.6) is 0 Å². The molecule has 26 heavy (non-hydrogen) atoms. The van der Waals surface area contributed by atoms with Crippen LogP contribution in [-0.2, 0) is 5.75 Å². The lowest BCUT2D eigenvalue weighted by atomic mass is 10.2. The molecule has 136 valence electrons. The van der Waals surface area contributed by atoms with Crippen molar-refractivity contribution in [1.82, 2.24) is 9.21 Å². The quantitative estimate of drug-likeness (QED) is 0.315. The third-order valence-corrected chi connectivity index (χ3v) is 6.68. The SMILES string of the molecule is O=[N+]([O-])c1ccc(CSC(=S)N2CCN(Sc3ccccc3)CC2)cc1. The molecule has 0 bridgehead atoms. The first-order chi connectivity index (χ1) is 12.6. The third-order valence-electron chi connectivity index (χ3n) is 3.98. The molecule has 0 radical (unpaired) electrons. The average molecular weight is 406 g/mol. The van der Waals surface area contributed by atoms with Gasteiger partial charge in [-0.1, -0.05) is 54.3 Å². The summed E-state index contributed by atoms with van der Waals surface area (Å²) < 4.78 is 3.27. The number of hydrogen-bond acceptors (Lipinski definition) is 6. The predicted octanol–water partition coefficient (Wildman–Crippen LogP) is 4.44. The molecule has 0 unspecified atom stereocenters. The van der Waals surface area contributed by atoms with Crippen LogP contribution in [0.1, 0.15) is 5.56 Å². The molecule has 2 aromatic rings. The zero-order valence-electron chi connectivity index (χ0n) is 14.1. The molecule has 1 aliphatic rings. The van der Waals surface area contributed by atoms with Gasteiger partial charge in [-0.2, -0.15) is 0 Å². The molecule has 0 N–H and O–H groups in total. The molecule has 3 rings (SSSR count). The van der Waals surface area contributed by atoms with Gasteiger partial charge in [0.2, 0.25) is 0 Å². The zero-order chi connectivity index (χ0) is 18.4. The van der Waals surface area contributed by atoms with Crippen LogP contribution in [0.3, 0.4) is 0 Å². The molecule has 0 spiro atoms. The number of benzene rings is 2. The summed E-state index contributed by atoms with van der Waals surface area (Å²) in [5, 5.41) is 10.7. The van der Waals surface area contributed by atoms with E-state index in [2.05, 4.69) is 33.5 Å². The molecule has 0 aromatic heterocycles. The normalized spacial score (nSPS) is 15.0. The van der Waals surface area contributed by atoms with Gasteiger partial charge >= 0.3 is 0 Å². The minimum absolute atomic E-state index is 0.119. The number of nitro benzene ring substituents is 1. The van der Waals surface area contributed by atoms with Crippen molar-refractivity contribution in [2.24, 2.45) is 0 Å². The highest BCUT2D eigenvalue weighted by Gasteiger charge is 2.20. The number of rotatable bonds is 5. The molecule has 5 nitrogen and oxygen atoms in total. The molecule has 0 aliphatic carbocycles. The van der Waals surface area contributed by atoms with Crippen molar-refractivity contribution in [3.63, 3.8) is 0 Å². The lowest BCUT2D eigenvalue weighted by molar-refractivity contribution is -0.384. The number of piperazine rings is 1. The van der Waals surface area contributed by atoms with Gasteiger partial charge in [0.15, 0.2) is 0 Å². The Hall–Kier alpha value is -1.61. The van der Waals surface area contributed by atoms with Gasteiger partial charge in [0.25, 0.3) is 5.69 Å². The number of nitrogens with zero attached hydrogens (tertiary/aromatic N) is 3. The van der Waals surface area contributed by atoms with Crippen LogP contribution in [-0.4, -0.2) is 44.6 Å². The summed E-state index contributed by atoms with van der Waals surface area (Å²) >= 11 is 8.98. The molecule has 1 heterocycles. The van der Waals surface area contributed by atoms with Gasteiger partial charge in [-0.3, -0.25) is 10.1 Å². The minimum Gasteiger partial charge on any atom is -0.355 e. The second-order valence-corrected chi connectivity index (χ2v) is 8.58. The lowest BCUT2D eigenvalue weighted by Gasteiger charge is -2.35. The van der Waals surface area contributed by atoms with E-state index in [4.69, 9.17) is 12.2 Å². The first-order valence-electron chi connectivity index (χ1n) is 8.25. The Morgan fingerprint density at radius 2 is 1.69 bits per heavy atom. The summed E-state index contributed by atoms with van der Waals surface area (Å²) in [6.45, 7) is 3.79. The van der Waals surface area contributed by atoms with Crippen LogP contribution in [0.4, 0.5) is 5.69 Å². The minimum atomic E-state index is -0.380. The van der Waals surface area contributed by atoms with Crippen molar-refractivity contribution in [3.8, 4) is 0 Å². The van der Waals surface area contributed by atoms with Crippen molar-refractivity contribution >= 4 is 45.9 Å². The van der Waals surface area contributed by atoms with E-state index in [-0.39, 0.29) is 10.6 Å². The van der Waals surface area contributed by atoms with Gasteiger partial charge in [-0.05, 0) is 29.6 Å². The van der Waals surface area contributed by atoms with Gasteiger partial charge < -0.3 is 4.90 Å². The van der Waals surface area contributed by atoms with E-state index in [1.165, 1.54) is 4.90 Å². The van der Waals surface area contributed by atoms with Gasteiger partial charge in [0.05, 0.1) is 4.92 Å². The fourth-order valence-corrected chi connectivity index (χ4v) is 4.67. The van der Waals surface area contributed by atoms with Gasteiger partial charge in [-0.25, -0.2) is 4.31 Å². The zero-order valence-corrected chi connectivity index (χ0v) is 16.6. The first-order valence-corrected chi connectivity index (χ1v) is 10.4. The highest BCUT2D eigenvalue weighted by Crippen LogP contribution is 2.25. The Morgan fingerprint density at radius 1 is 1.04 bits per heavy atom. The van der Waals surface area contributed by atoms with Crippen LogP contribution in [0.15, 0.2) is 59.5 Å². The van der Waals surface area contributed by atoms with Crippen LogP contribution >= 0.6 is 35.9 Å². The Kier molecular flexibility index (Phi) is 6.90. The van der Waals surface area contributed by atoms with Gasteiger partial charge in [0, 0.05) is 49.0 Å². The summed E-state index contributed by atoms with van der Waals surface area (Å²) in [4.78, 5) is 13.8. The number of thioether (sulfide) groups is 1. The number of nitro groups is 1. The fourth-order valence-electron chi connectivity index (χ4n) is 2.54. The van der Waals surface area contributed by atoms with E-state index in [1.54, 1.807) is 48.0 Å². The maximum absolute atomic E-state index is 10.7. The molecule has 1 aliphatic heterocycles.